The van der Waals surface area contributed by atoms with Gasteiger partial charge in [0.25, 0.3) is 0 Å². The summed E-state index contributed by atoms with van der Waals surface area (Å²) < 4.78 is 0. The largest absolute Gasteiger partial charge is 0.480 e. The molecular formula is C14H30N4O2. The molecule has 0 aromatic carbocycles. The molecular weight excluding hydrogens is 256 g/mol. The third kappa shape index (κ3) is 11.8. The van der Waals surface area contributed by atoms with E-state index in [9.17, 15) is 4.79 Å². The molecule has 0 bridgehead atoms. The van der Waals surface area contributed by atoms with Crippen molar-refractivity contribution in [2.45, 2.75) is 64.3 Å². The average molecular weight is 286 g/mol. The van der Waals surface area contributed by atoms with Crippen molar-refractivity contribution in [1.29, 1.82) is 5.41 Å². The fourth-order valence-electron chi connectivity index (χ4n) is 2.02. The summed E-state index contributed by atoms with van der Waals surface area (Å²) in [6, 6.07) is -0.501. The van der Waals surface area contributed by atoms with Crippen LogP contribution in [0.1, 0.15) is 58.3 Å². The van der Waals surface area contributed by atoms with E-state index < -0.39 is 12.0 Å². The van der Waals surface area contributed by atoms with Crippen molar-refractivity contribution in [3.05, 3.63) is 0 Å². The number of carboxylic acid groups (broad SMARTS) is 1. The first-order valence-corrected chi connectivity index (χ1v) is 7.62. The smallest absolute Gasteiger partial charge is 0.320 e. The van der Waals surface area contributed by atoms with Gasteiger partial charge >= 0.3 is 5.97 Å². The highest BCUT2D eigenvalue weighted by Gasteiger charge is 2.15. The Morgan fingerprint density at radius 1 is 1.15 bits per heavy atom. The lowest BCUT2D eigenvalue weighted by Crippen LogP contribution is -2.38. The maximum atomic E-state index is 11.1. The van der Waals surface area contributed by atoms with Gasteiger partial charge in [-0.2, -0.15) is 0 Å². The molecule has 0 radical (unpaired) electrons. The Hall–Kier alpha value is -1.30. The number of hydrogen-bond donors (Lipinski definition) is 5. The van der Waals surface area contributed by atoms with Crippen LogP contribution >= 0.6 is 0 Å². The van der Waals surface area contributed by atoms with Gasteiger partial charge in [0.1, 0.15) is 6.04 Å². The third-order valence-electron chi connectivity index (χ3n) is 3.20. The zero-order valence-electron chi connectivity index (χ0n) is 12.6. The van der Waals surface area contributed by atoms with Gasteiger partial charge in [0.2, 0.25) is 0 Å². The first kappa shape index (κ1) is 18.7. The number of carbonyl (C=O) groups is 1. The molecule has 0 aliphatic heterocycles. The molecule has 0 rings (SSSR count). The van der Waals surface area contributed by atoms with Gasteiger partial charge in [-0.15, -0.1) is 0 Å². The molecule has 6 nitrogen and oxygen atoms in total. The SMILES string of the molecule is CCCCCCCCN[C@@H](CCCNC(=N)N)C(=O)O. The molecule has 0 saturated carbocycles. The summed E-state index contributed by atoms with van der Waals surface area (Å²) in [4.78, 5) is 11.1. The number of nitrogens with one attached hydrogen (secondary N) is 3. The zero-order chi connectivity index (χ0) is 15.2. The number of guanidine groups is 1. The van der Waals surface area contributed by atoms with E-state index in [-0.39, 0.29) is 5.96 Å². The van der Waals surface area contributed by atoms with Crippen LogP contribution in [-0.4, -0.2) is 36.2 Å². The predicted molar refractivity (Wildman–Crippen MR) is 82.0 cm³/mol. The zero-order valence-corrected chi connectivity index (χ0v) is 12.6. The van der Waals surface area contributed by atoms with Gasteiger partial charge < -0.3 is 21.5 Å². The highest BCUT2D eigenvalue weighted by atomic mass is 16.4. The molecule has 118 valence electrons. The molecule has 0 aromatic heterocycles. The van der Waals surface area contributed by atoms with Crippen LogP contribution in [0.2, 0.25) is 0 Å². The van der Waals surface area contributed by atoms with E-state index in [4.69, 9.17) is 16.2 Å². The Morgan fingerprint density at radius 2 is 1.80 bits per heavy atom. The molecule has 6 N–H and O–H groups in total. The maximum Gasteiger partial charge on any atom is 0.320 e. The molecule has 0 spiro atoms. The maximum absolute atomic E-state index is 11.1. The Bertz CT molecular complexity index is 272. The molecule has 0 aliphatic rings. The van der Waals surface area contributed by atoms with E-state index in [1.54, 1.807) is 0 Å². The van der Waals surface area contributed by atoms with Gasteiger partial charge in [0.05, 0.1) is 0 Å². The molecule has 0 amide bonds. The Labute approximate surface area is 122 Å². The number of carboxylic acids is 1. The molecule has 1 atom stereocenters. The fraction of sp³-hybridized carbons (Fsp3) is 0.857. The van der Waals surface area contributed by atoms with Gasteiger partial charge in [-0.25, -0.2) is 0 Å². The summed E-state index contributed by atoms with van der Waals surface area (Å²) in [7, 11) is 0. The molecule has 0 unspecified atom stereocenters. The van der Waals surface area contributed by atoms with Crippen molar-refractivity contribution in [3.63, 3.8) is 0 Å². The summed E-state index contributed by atoms with van der Waals surface area (Å²) in [5.41, 5.74) is 5.16. The van der Waals surface area contributed by atoms with E-state index in [0.29, 0.717) is 19.4 Å². The van der Waals surface area contributed by atoms with Crippen LogP contribution < -0.4 is 16.4 Å². The summed E-state index contributed by atoms with van der Waals surface area (Å²) >= 11 is 0. The number of rotatable bonds is 13. The lowest BCUT2D eigenvalue weighted by molar-refractivity contribution is -0.139. The number of nitrogens with two attached hydrogens (primary N) is 1. The lowest BCUT2D eigenvalue weighted by atomic mass is 10.1. The summed E-state index contributed by atoms with van der Waals surface area (Å²) in [6.07, 6.45) is 8.45. The topological polar surface area (TPSA) is 111 Å². The monoisotopic (exact) mass is 286 g/mol. The van der Waals surface area contributed by atoms with Gasteiger partial charge in [-0.1, -0.05) is 39.0 Å². The van der Waals surface area contributed by atoms with Crippen molar-refractivity contribution in [1.82, 2.24) is 10.6 Å². The van der Waals surface area contributed by atoms with Gasteiger partial charge in [-0.3, -0.25) is 10.2 Å². The normalized spacial score (nSPS) is 12.1. The summed E-state index contributed by atoms with van der Waals surface area (Å²) in [5.74, 6) is -0.879. The quantitative estimate of drug-likeness (QED) is 0.201. The number of unbranched alkanes of at least 4 members (excludes halogenated alkanes) is 5. The molecule has 6 heteroatoms. The van der Waals surface area contributed by atoms with Gasteiger partial charge in [0.15, 0.2) is 5.96 Å². The first-order chi connectivity index (χ1) is 9.57. The number of aliphatic carboxylic acids is 1. The van der Waals surface area contributed by atoms with Crippen molar-refractivity contribution >= 4 is 11.9 Å². The molecule has 0 aromatic rings. The summed E-state index contributed by atoms with van der Waals surface area (Å²) in [6.45, 7) is 3.49. The lowest BCUT2D eigenvalue weighted by Gasteiger charge is -2.14. The van der Waals surface area contributed by atoms with Crippen LogP contribution in [-0.2, 0) is 4.79 Å². The van der Waals surface area contributed by atoms with Crippen LogP contribution in [0.25, 0.3) is 0 Å². The van der Waals surface area contributed by atoms with Crippen molar-refractivity contribution in [2.75, 3.05) is 13.1 Å². The second kappa shape index (κ2) is 12.7. The third-order valence-corrected chi connectivity index (χ3v) is 3.20. The molecule has 0 aliphatic carbocycles. The predicted octanol–water partition coefficient (Wildman–Crippen LogP) is 1.65. The van der Waals surface area contributed by atoms with E-state index in [1.807, 2.05) is 0 Å². The van der Waals surface area contributed by atoms with E-state index in [1.165, 1.54) is 25.7 Å². The first-order valence-electron chi connectivity index (χ1n) is 7.62. The minimum atomic E-state index is -0.807. The van der Waals surface area contributed by atoms with E-state index in [2.05, 4.69) is 17.6 Å². The minimum absolute atomic E-state index is 0.0723. The van der Waals surface area contributed by atoms with Crippen LogP contribution in [0.5, 0.6) is 0 Å². The molecule has 20 heavy (non-hydrogen) atoms. The van der Waals surface area contributed by atoms with Crippen molar-refractivity contribution < 1.29 is 9.90 Å². The standard InChI is InChI=1S/C14H30N4O2/c1-2-3-4-5-6-7-10-17-12(13(19)20)9-8-11-18-14(15)16/h12,17H,2-11H2,1H3,(H,19,20)(H4,15,16,18)/t12-/m0/s1. The Morgan fingerprint density at radius 3 is 2.40 bits per heavy atom. The van der Waals surface area contributed by atoms with Crippen molar-refractivity contribution in [3.8, 4) is 0 Å². The Kier molecular flexibility index (Phi) is 11.9. The van der Waals surface area contributed by atoms with Crippen LogP contribution in [0.15, 0.2) is 0 Å². The highest BCUT2D eigenvalue weighted by Crippen LogP contribution is 2.05. The second-order valence-electron chi connectivity index (χ2n) is 5.10. The average Bonchev–Trinajstić information content (AvgIpc) is 2.39. The highest BCUT2D eigenvalue weighted by molar-refractivity contribution is 5.74. The van der Waals surface area contributed by atoms with Crippen molar-refractivity contribution in [2.24, 2.45) is 5.73 Å². The van der Waals surface area contributed by atoms with Gasteiger partial charge in [-0.05, 0) is 25.8 Å². The van der Waals surface area contributed by atoms with Gasteiger partial charge in [0, 0.05) is 6.54 Å². The molecule has 0 heterocycles. The van der Waals surface area contributed by atoms with Crippen LogP contribution in [0.4, 0.5) is 0 Å². The molecule has 0 fully saturated rings. The Balaban J connectivity index is 3.59. The summed E-state index contributed by atoms with van der Waals surface area (Å²) in [5, 5.41) is 21.9. The second-order valence-corrected chi connectivity index (χ2v) is 5.10. The van der Waals surface area contributed by atoms with E-state index >= 15 is 0 Å². The van der Waals surface area contributed by atoms with Crippen LogP contribution in [0, 0.1) is 5.41 Å². The fourth-order valence-corrected chi connectivity index (χ4v) is 2.02. The minimum Gasteiger partial charge on any atom is -0.480 e. The number of hydrogen-bond acceptors (Lipinski definition) is 3. The molecule has 0 saturated heterocycles. The van der Waals surface area contributed by atoms with E-state index in [0.717, 1.165) is 19.4 Å². The van der Waals surface area contributed by atoms with Crippen LogP contribution in [0.3, 0.4) is 0 Å².